The quantitative estimate of drug-likeness (QED) is 0.661. The lowest BCUT2D eigenvalue weighted by Gasteiger charge is -2.38. The van der Waals surface area contributed by atoms with Gasteiger partial charge in [-0.25, -0.2) is 0 Å². The fourth-order valence-electron chi connectivity index (χ4n) is 1.55. The third kappa shape index (κ3) is 2.21. The molecule has 0 bridgehead atoms. The van der Waals surface area contributed by atoms with E-state index in [4.69, 9.17) is 5.26 Å². The van der Waals surface area contributed by atoms with E-state index in [9.17, 15) is 4.79 Å². The molecule has 0 aliphatic carbocycles. The summed E-state index contributed by atoms with van der Waals surface area (Å²) in [6.45, 7) is 6.63. The van der Waals surface area contributed by atoms with E-state index in [0.29, 0.717) is 5.25 Å². The zero-order valence-electron chi connectivity index (χ0n) is 8.86. The van der Waals surface area contributed by atoms with Gasteiger partial charge in [0.1, 0.15) is 5.92 Å². The van der Waals surface area contributed by atoms with Crippen molar-refractivity contribution in [2.45, 2.75) is 32.1 Å². The smallest absolute Gasteiger partial charge is 0.239 e. The van der Waals surface area contributed by atoms with Crippen molar-refractivity contribution in [1.29, 1.82) is 5.26 Å². The maximum absolute atomic E-state index is 11.8. The average Bonchev–Trinajstić information content (AvgIpc) is 2.20. The van der Waals surface area contributed by atoms with Crippen LogP contribution in [0, 0.1) is 17.2 Å². The molecular weight excluding hydrogens is 196 g/mol. The molecule has 3 atom stereocenters. The molecule has 1 heterocycles. The zero-order valence-corrected chi connectivity index (χ0v) is 9.67. The summed E-state index contributed by atoms with van der Waals surface area (Å²) in [5, 5.41) is 9.16. The lowest BCUT2D eigenvalue weighted by atomic mass is 10.1. The molecule has 0 spiro atoms. The van der Waals surface area contributed by atoms with Gasteiger partial charge in [0.05, 0.1) is 6.07 Å². The van der Waals surface area contributed by atoms with Gasteiger partial charge in [-0.15, -0.1) is 0 Å². The predicted molar refractivity (Wildman–Crippen MR) is 57.9 cm³/mol. The van der Waals surface area contributed by atoms with Crippen LogP contribution in [0.4, 0.5) is 0 Å². The summed E-state index contributed by atoms with van der Waals surface area (Å²) in [5.41, 5.74) is 0. The standard InChI is InChI=1S/C10H16N2OS/c1-7(6-11)10(13)12-4-5-14-9(3)8(12)2/h7-9H,4-5H2,1-3H3. The number of amides is 1. The highest BCUT2D eigenvalue weighted by molar-refractivity contribution is 8.00. The van der Waals surface area contributed by atoms with Crippen LogP contribution in [0.1, 0.15) is 20.8 Å². The number of carbonyl (C=O) groups excluding carboxylic acids is 1. The Morgan fingerprint density at radius 3 is 2.86 bits per heavy atom. The highest BCUT2D eigenvalue weighted by atomic mass is 32.2. The molecule has 0 aromatic heterocycles. The summed E-state index contributed by atoms with van der Waals surface area (Å²) in [6.07, 6.45) is 0. The number of carbonyl (C=O) groups is 1. The molecular formula is C10H16N2OS. The molecule has 0 saturated carbocycles. The van der Waals surface area contributed by atoms with Crippen LogP contribution in [0.3, 0.4) is 0 Å². The molecule has 0 aromatic rings. The van der Waals surface area contributed by atoms with Gasteiger partial charge in [0, 0.05) is 23.6 Å². The van der Waals surface area contributed by atoms with Gasteiger partial charge >= 0.3 is 0 Å². The number of nitrogens with zero attached hydrogens (tertiary/aromatic N) is 2. The highest BCUT2D eigenvalue weighted by Gasteiger charge is 2.30. The molecule has 3 nitrogen and oxygen atoms in total. The summed E-state index contributed by atoms with van der Waals surface area (Å²) >= 11 is 1.89. The van der Waals surface area contributed by atoms with Crippen LogP contribution < -0.4 is 0 Å². The molecule has 14 heavy (non-hydrogen) atoms. The summed E-state index contributed by atoms with van der Waals surface area (Å²) in [7, 11) is 0. The van der Waals surface area contributed by atoms with Crippen molar-refractivity contribution in [3.05, 3.63) is 0 Å². The van der Waals surface area contributed by atoms with Crippen molar-refractivity contribution >= 4 is 17.7 Å². The first-order valence-corrected chi connectivity index (χ1v) is 5.94. The van der Waals surface area contributed by atoms with Crippen molar-refractivity contribution < 1.29 is 4.79 Å². The minimum atomic E-state index is -0.507. The monoisotopic (exact) mass is 212 g/mol. The third-order valence-corrected chi connectivity index (χ3v) is 4.07. The second kappa shape index (κ2) is 4.70. The molecule has 4 heteroatoms. The predicted octanol–water partition coefficient (Wildman–Crippen LogP) is 1.50. The van der Waals surface area contributed by atoms with Crippen LogP contribution in [0.5, 0.6) is 0 Å². The van der Waals surface area contributed by atoms with E-state index in [0.717, 1.165) is 12.3 Å². The molecule has 1 saturated heterocycles. The Morgan fingerprint density at radius 1 is 1.64 bits per heavy atom. The second-order valence-corrected chi connectivity index (χ2v) is 5.18. The number of nitriles is 1. The number of hydrogen-bond donors (Lipinski definition) is 0. The SMILES string of the molecule is CC(C#N)C(=O)N1CCSC(C)C1C. The maximum atomic E-state index is 11.8. The van der Waals surface area contributed by atoms with Crippen LogP contribution in [0.15, 0.2) is 0 Å². The van der Waals surface area contributed by atoms with E-state index in [1.807, 2.05) is 22.7 Å². The average molecular weight is 212 g/mol. The molecule has 1 aliphatic rings. The Balaban J connectivity index is 2.68. The Morgan fingerprint density at radius 2 is 2.29 bits per heavy atom. The Kier molecular flexibility index (Phi) is 3.82. The molecule has 0 aromatic carbocycles. The maximum Gasteiger partial charge on any atom is 0.239 e. The number of hydrogen-bond acceptors (Lipinski definition) is 3. The summed E-state index contributed by atoms with van der Waals surface area (Å²) in [4.78, 5) is 13.6. The second-order valence-electron chi connectivity index (χ2n) is 3.70. The molecule has 0 N–H and O–H groups in total. The largest absolute Gasteiger partial charge is 0.337 e. The van der Waals surface area contributed by atoms with E-state index in [2.05, 4.69) is 13.8 Å². The Bertz CT molecular complexity index is 261. The van der Waals surface area contributed by atoms with Gasteiger partial charge in [-0.1, -0.05) is 6.92 Å². The van der Waals surface area contributed by atoms with Crippen molar-refractivity contribution in [2.75, 3.05) is 12.3 Å². The van der Waals surface area contributed by atoms with Gasteiger partial charge in [0.15, 0.2) is 0 Å². The van der Waals surface area contributed by atoms with Crippen molar-refractivity contribution in [3.8, 4) is 6.07 Å². The van der Waals surface area contributed by atoms with Crippen LogP contribution in [0.25, 0.3) is 0 Å². The van der Waals surface area contributed by atoms with Gasteiger partial charge in [-0.3, -0.25) is 4.79 Å². The first-order chi connectivity index (χ1) is 6.57. The lowest BCUT2D eigenvalue weighted by molar-refractivity contribution is -0.135. The molecule has 1 fully saturated rings. The van der Waals surface area contributed by atoms with Crippen LogP contribution in [-0.4, -0.2) is 34.4 Å². The van der Waals surface area contributed by atoms with E-state index in [-0.39, 0.29) is 11.9 Å². The van der Waals surface area contributed by atoms with E-state index < -0.39 is 5.92 Å². The molecule has 1 rings (SSSR count). The van der Waals surface area contributed by atoms with Crippen LogP contribution in [-0.2, 0) is 4.79 Å². The topological polar surface area (TPSA) is 44.1 Å². The molecule has 3 unspecified atom stereocenters. The van der Waals surface area contributed by atoms with Gasteiger partial charge < -0.3 is 4.90 Å². The summed E-state index contributed by atoms with van der Waals surface area (Å²) in [5.74, 6) is 0.454. The van der Waals surface area contributed by atoms with Crippen molar-refractivity contribution in [3.63, 3.8) is 0 Å². The fraction of sp³-hybridized carbons (Fsp3) is 0.800. The Hall–Kier alpha value is -0.690. The lowest BCUT2D eigenvalue weighted by Crippen LogP contribution is -2.49. The normalized spacial score (nSPS) is 29.4. The molecule has 1 aliphatic heterocycles. The molecule has 0 radical (unpaired) electrons. The first kappa shape index (κ1) is 11.4. The van der Waals surface area contributed by atoms with E-state index >= 15 is 0 Å². The van der Waals surface area contributed by atoms with Gasteiger partial charge in [-0.05, 0) is 13.8 Å². The Labute approximate surface area is 89.5 Å². The highest BCUT2D eigenvalue weighted by Crippen LogP contribution is 2.25. The summed E-state index contributed by atoms with van der Waals surface area (Å²) in [6, 6.07) is 2.25. The first-order valence-electron chi connectivity index (χ1n) is 4.89. The number of rotatable bonds is 1. The van der Waals surface area contributed by atoms with Crippen molar-refractivity contribution in [2.24, 2.45) is 5.92 Å². The van der Waals surface area contributed by atoms with Crippen molar-refractivity contribution in [1.82, 2.24) is 4.90 Å². The molecule has 1 amide bonds. The molecule has 78 valence electrons. The summed E-state index contributed by atoms with van der Waals surface area (Å²) < 4.78 is 0. The van der Waals surface area contributed by atoms with Crippen LogP contribution >= 0.6 is 11.8 Å². The van der Waals surface area contributed by atoms with E-state index in [1.54, 1.807) is 6.92 Å². The minimum Gasteiger partial charge on any atom is -0.337 e. The zero-order chi connectivity index (χ0) is 10.7. The minimum absolute atomic E-state index is 0.0212. The van der Waals surface area contributed by atoms with Crippen LogP contribution in [0.2, 0.25) is 0 Å². The van der Waals surface area contributed by atoms with Gasteiger partial charge in [0.2, 0.25) is 5.91 Å². The van der Waals surface area contributed by atoms with E-state index in [1.165, 1.54) is 0 Å². The fourth-order valence-corrected chi connectivity index (χ4v) is 2.65. The third-order valence-electron chi connectivity index (χ3n) is 2.73. The number of thioether (sulfide) groups is 1. The van der Waals surface area contributed by atoms with Gasteiger partial charge in [0.25, 0.3) is 0 Å². The van der Waals surface area contributed by atoms with Gasteiger partial charge in [-0.2, -0.15) is 17.0 Å².